The van der Waals surface area contributed by atoms with Gasteiger partial charge in [-0.15, -0.1) is 0 Å². The van der Waals surface area contributed by atoms with Gasteiger partial charge in [0.15, 0.2) is 0 Å². The number of nitrogens with one attached hydrogen (secondary N) is 2. The molecule has 0 spiro atoms. The van der Waals surface area contributed by atoms with E-state index in [0.29, 0.717) is 0 Å². The lowest BCUT2D eigenvalue weighted by Gasteiger charge is -2.31. The van der Waals surface area contributed by atoms with Crippen LogP contribution in [0.3, 0.4) is 0 Å². The van der Waals surface area contributed by atoms with Crippen LogP contribution in [-0.2, 0) is 0 Å². The zero-order valence-electron chi connectivity index (χ0n) is 9.47. The maximum atomic E-state index is 11.5. The molecule has 0 aliphatic heterocycles. The number of carbonyl (C=O) groups is 1. The van der Waals surface area contributed by atoms with Gasteiger partial charge in [-0.1, -0.05) is 19.3 Å². The summed E-state index contributed by atoms with van der Waals surface area (Å²) in [5.74, 6) is 0. The molecule has 2 N–H and O–H groups in total. The number of nitrogens with zero attached hydrogens (tertiary/aromatic N) is 1. The molecule has 1 aliphatic carbocycles. The van der Waals surface area contributed by atoms with Crippen LogP contribution in [0.4, 0.5) is 4.79 Å². The van der Waals surface area contributed by atoms with Gasteiger partial charge in [-0.25, -0.2) is 4.79 Å². The van der Waals surface area contributed by atoms with Crippen LogP contribution in [0.15, 0.2) is 0 Å². The second kappa shape index (κ2) is 5.01. The summed E-state index contributed by atoms with van der Waals surface area (Å²) in [5, 5.41) is 14.7. The van der Waals surface area contributed by atoms with E-state index in [1.807, 2.05) is 13.8 Å². The van der Waals surface area contributed by atoms with Crippen molar-refractivity contribution in [1.82, 2.24) is 10.6 Å². The van der Waals surface area contributed by atoms with Crippen molar-refractivity contribution in [3.05, 3.63) is 0 Å². The van der Waals surface area contributed by atoms with E-state index in [9.17, 15) is 4.79 Å². The second-order valence-electron chi connectivity index (χ2n) is 4.51. The Bertz CT molecular complexity index is 261. The van der Waals surface area contributed by atoms with Crippen LogP contribution < -0.4 is 10.6 Å². The third-order valence-corrected chi connectivity index (χ3v) is 2.69. The normalized spacial score (nSPS) is 19.3. The van der Waals surface area contributed by atoms with Gasteiger partial charge in [-0.3, -0.25) is 0 Å². The first-order valence-electron chi connectivity index (χ1n) is 5.58. The van der Waals surface area contributed by atoms with E-state index in [4.69, 9.17) is 5.26 Å². The molecule has 1 saturated carbocycles. The Morgan fingerprint density at radius 3 is 2.40 bits per heavy atom. The molecule has 4 heteroatoms. The molecular formula is C11H19N3O. The highest BCUT2D eigenvalue weighted by atomic mass is 16.2. The third kappa shape index (κ3) is 3.43. The average Bonchev–Trinajstić information content (AvgIpc) is 2.17. The summed E-state index contributed by atoms with van der Waals surface area (Å²) in [7, 11) is 0. The highest BCUT2D eigenvalue weighted by molar-refractivity contribution is 5.75. The van der Waals surface area contributed by atoms with Crippen LogP contribution in [0, 0.1) is 11.3 Å². The summed E-state index contributed by atoms with van der Waals surface area (Å²) >= 11 is 0. The number of hydrogen-bond donors (Lipinski definition) is 2. The fraction of sp³-hybridized carbons (Fsp3) is 0.818. The lowest BCUT2D eigenvalue weighted by Crippen LogP contribution is -2.53. The minimum absolute atomic E-state index is 0.101. The Morgan fingerprint density at radius 1 is 1.33 bits per heavy atom. The molecule has 0 heterocycles. The Balaban J connectivity index is 2.52. The van der Waals surface area contributed by atoms with Gasteiger partial charge in [0.2, 0.25) is 0 Å². The van der Waals surface area contributed by atoms with Crippen LogP contribution in [-0.4, -0.2) is 17.6 Å². The van der Waals surface area contributed by atoms with Gasteiger partial charge < -0.3 is 10.6 Å². The number of rotatable bonds is 2. The SMILES string of the molecule is CC(C)NC(=O)NC1(C#N)CCCCC1. The minimum atomic E-state index is -0.628. The van der Waals surface area contributed by atoms with Crippen LogP contribution in [0.1, 0.15) is 46.0 Å². The molecule has 0 saturated heterocycles. The van der Waals surface area contributed by atoms with E-state index in [0.717, 1.165) is 32.1 Å². The molecule has 0 aromatic heterocycles. The Kier molecular flexibility index (Phi) is 3.96. The Hall–Kier alpha value is -1.24. The zero-order chi connectivity index (χ0) is 11.3. The van der Waals surface area contributed by atoms with Gasteiger partial charge in [0.1, 0.15) is 5.54 Å². The molecule has 0 unspecified atom stereocenters. The van der Waals surface area contributed by atoms with Crippen molar-refractivity contribution in [1.29, 1.82) is 5.26 Å². The predicted molar refractivity (Wildman–Crippen MR) is 58.2 cm³/mol. The van der Waals surface area contributed by atoms with E-state index in [-0.39, 0.29) is 12.1 Å². The molecular weight excluding hydrogens is 190 g/mol. The maximum Gasteiger partial charge on any atom is 0.316 e. The van der Waals surface area contributed by atoms with E-state index in [1.165, 1.54) is 0 Å². The fourth-order valence-electron chi connectivity index (χ4n) is 1.94. The lowest BCUT2D eigenvalue weighted by atomic mass is 9.83. The number of hydrogen-bond acceptors (Lipinski definition) is 2. The number of nitriles is 1. The quantitative estimate of drug-likeness (QED) is 0.729. The van der Waals surface area contributed by atoms with E-state index < -0.39 is 5.54 Å². The van der Waals surface area contributed by atoms with Crippen LogP contribution in [0.5, 0.6) is 0 Å². The zero-order valence-corrected chi connectivity index (χ0v) is 9.47. The van der Waals surface area contributed by atoms with Gasteiger partial charge >= 0.3 is 6.03 Å². The topological polar surface area (TPSA) is 64.9 Å². The van der Waals surface area contributed by atoms with Crippen LogP contribution >= 0.6 is 0 Å². The fourth-order valence-corrected chi connectivity index (χ4v) is 1.94. The van der Waals surface area contributed by atoms with Gasteiger partial charge in [0, 0.05) is 6.04 Å². The largest absolute Gasteiger partial charge is 0.336 e. The first-order chi connectivity index (χ1) is 7.08. The third-order valence-electron chi connectivity index (χ3n) is 2.69. The van der Waals surface area contributed by atoms with Crippen molar-refractivity contribution >= 4 is 6.03 Å². The Morgan fingerprint density at radius 2 is 1.93 bits per heavy atom. The van der Waals surface area contributed by atoms with Gasteiger partial charge in [0.25, 0.3) is 0 Å². The summed E-state index contributed by atoms with van der Waals surface area (Å²) < 4.78 is 0. The molecule has 2 amide bonds. The van der Waals surface area contributed by atoms with Crippen molar-refractivity contribution in [3.8, 4) is 6.07 Å². The standard InChI is InChI=1S/C11H19N3O/c1-9(2)13-10(15)14-11(8-12)6-4-3-5-7-11/h9H,3-7H2,1-2H3,(H2,13,14,15). The summed E-state index contributed by atoms with van der Waals surface area (Å²) in [5.41, 5.74) is -0.628. The number of urea groups is 1. The summed E-state index contributed by atoms with van der Waals surface area (Å²) in [4.78, 5) is 11.5. The van der Waals surface area contributed by atoms with Crippen molar-refractivity contribution in [2.45, 2.75) is 57.5 Å². The van der Waals surface area contributed by atoms with E-state index >= 15 is 0 Å². The van der Waals surface area contributed by atoms with Gasteiger partial charge in [-0.05, 0) is 26.7 Å². The molecule has 1 fully saturated rings. The first-order valence-corrected chi connectivity index (χ1v) is 5.58. The monoisotopic (exact) mass is 209 g/mol. The van der Waals surface area contributed by atoms with Crippen molar-refractivity contribution < 1.29 is 4.79 Å². The smallest absolute Gasteiger partial charge is 0.316 e. The molecule has 1 rings (SSSR count). The van der Waals surface area contributed by atoms with E-state index in [2.05, 4.69) is 16.7 Å². The highest BCUT2D eigenvalue weighted by Crippen LogP contribution is 2.27. The molecule has 0 aromatic rings. The van der Waals surface area contributed by atoms with Crippen LogP contribution in [0.2, 0.25) is 0 Å². The predicted octanol–water partition coefficient (Wildman–Crippen LogP) is 1.92. The summed E-state index contributed by atoms with van der Waals surface area (Å²) in [6.07, 6.45) is 4.76. The Labute approximate surface area is 91.0 Å². The maximum absolute atomic E-state index is 11.5. The van der Waals surface area contributed by atoms with Crippen molar-refractivity contribution in [2.24, 2.45) is 0 Å². The van der Waals surface area contributed by atoms with Gasteiger partial charge in [0.05, 0.1) is 6.07 Å². The lowest BCUT2D eigenvalue weighted by molar-refractivity contribution is 0.220. The number of carbonyl (C=O) groups excluding carboxylic acids is 1. The molecule has 0 atom stereocenters. The average molecular weight is 209 g/mol. The van der Waals surface area contributed by atoms with E-state index in [1.54, 1.807) is 0 Å². The molecule has 0 bridgehead atoms. The van der Waals surface area contributed by atoms with Gasteiger partial charge in [-0.2, -0.15) is 5.26 Å². The molecule has 84 valence electrons. The number of amides is 2. The molecule has 1 aliphatic rings. The first kappa shape index (κ1) is 11.8. The molecule has 0 aromatic carbocycles. The highest BCUT2D eigenvalue weighted by Gasteiger charge is 2.33. The van der Waals surface area contributed by atoms with Crippen LogP contribution in [0.25, 0.3) is 0 Å². The van der Waals surface area contributed by atoms with Crippen molar-refractivity contribution in [3.63, 3.8) is 0 Å². The summed E-state index contributed by atoms with van der Waals surface area (Å²) in [6.45, 7) is 3.80. The molecule has 4 nitrogen and oxygen atoms in total. The molecule has 15 heavy (non-hydrogen) atoms. The second-order valence-corrected chi connectivity index (χ2v) is 4.51. The molecule has 0 radical (unpaired) electrons. The minimum Gasteiger partial charge on any atom is -0.336 e. The summed E-state index contributed by atoms with van der Waals surface area (Å²) in [6, 6.07) is 2.12. The van der Waals surface area contributed by atoms with Crippen molar-refractivity contribution in [2.75, 3.05) is 0 Å².